The molecule has 0 spiro atoms. The van der Waals surface area contributed by atoms with Gasteiger partial charge in [0.1, 0.15) is 0 Å². The smallest absolute Gasteiger partial charge is 0.226 e. The van der Waals surface area contributed by atoms with E-state index in [9.17, 15) is 4.79 Å². The van der Waals surface area contributed by atoms with Crippen molar-refractivity contribution in [3.8, 4) is 0 Å². The van der Waals surface area contributed by atoms with Crippen molar-refractivity contribution in [3.05, 3.63) is 40.4 Å². The molecule has 3 N–H and O–H groups in total. The zero-order valence-corrected chi connectivity index (χ0v) is 11.9. The van der Waals surface area contributed by atoms with Gasteiger partial charge in [0.15, 0.2) is 5.13 Å². The minimum Gasteiger partial charge on any atom is -0.399 e. The molecule has 0 aliphatic carbocycles. The maximum absolute atomic E-state index is 11.8. The Hall–Kier alpha value is -1.88. The second-order valence-corrected chi connectivity index (χ2v) is 5.61. The number of thiazole rings is 1. The fourth-order valence-electron chi connectivity index (χ4n) is 1.72. The van der Waals surface area contributed by atoms with E-state index < -0.39 is 0 Å². The highest BCUT2D eigenvalue weighted by molar-refractivity contribution is 7.15. The number of para-hydroxylation sites is 1. The minimum atomic E-state index is -0.0306. The molecule has 0 aliphatic rings. The molecule has 0 radical (unpaired) electrons. The van der Waals surface area contributed by atoms with E-state index in [1.807, 2.05) is 38.1 Å². The SMILES string of the molecule is Cc1nc(NC(=O)CCc2ccccc2N)sc1C. The van der Waals surface area contributed by atoms with Gasteiger partial charge in [-0.05, 0) is 31.9 Å². The third kappa shape index (κ3) is 3.54. The molecule has 0 saturated carbocycles. The van der Waals surface area contributed by atoms with E-state index in [2.05, 4.69) is 10.3 Å². The number of nitrogen functional groups attached to an aromatic ring is 1. The summed E-state index contributed by atoms with van der Waals surface area (Å²) in [4.78, 5) is 17.2. The first-order valence-corrected chi connectivity index (χ1v) is 6.95. The second-order valence-electron chi connectivity index (χ2n) is 4.41. The molecule has 5 heteroatoms. The Morgan fingerprint density at radius 1 is 1.37 bits per heavy atom. The monoisotopic (exact) mass is 275 g/mol. The molecule has 2 rings (SSSR count). The van der Waals surface area contributed by atoms with Crippen LogP contribution in [0.2, 0.25) is 0 Å². The summed E-state index contributed by atoms with van der Waals surface area (Å²) >= 11 is 1.50. The number of nitrogens with zero attached hydrogens (tertiary/aromatic N) is 1. The molecule has 0 atom stereocenters. The summed E-state index contributed by atoms with van der Waals surface area (Å²) in [5.41, 5.74) is 8.54. The van der Waals surface area contributed by atoms with E-state index in [1.54, 1.807) is 0 Å². The molecule has 0 saturated heterocycles. The van der Waals surface area contributed by atoms with Crippen LogP contribution < -0.4 is 11.1 Å². The lowest BCUT2D eigenvalue weighted by Crippen LogP contribution is -2.12. The third-order valence-electron chi connectivity index (χ3n) is 2.95. The highest BCUT2D eigenvalue weighted by Crippen LogP contribution is 2.21. The van der Waals surface area contributed by atoms with Crippen LogP contribution in [0.3, 0.4) is 0 Å². The van der Waals surface area contributed by atoms with E-state index in [0.717, 1.165) is 21.8 Å². The van der Waals surface area contributed by atoms with Gasteiger partial charge in [0.2, 0.25) is 5.91 Å². The zero-order chi connectivity index (χ0) is 13.8. The number of carbonyl (C=O) groups excluding carboxylic acids is 1. The summed E-state index contributed by atoms with van der Waals surface area (Å²) < 4.78 is 0. The number of rotatable bonds is 4. The molecule has 1 amide bonds. The van der Waals surface area contributed by atoms with Gasteiger partial charge in [-0.2, -0.15) is 0 Å². The van der Waals surface area contributed by atoms with Crippen molar-refractivity contribution in [1.29, 1.82) is 0 Å². The van der Waals surface area contributed by atoms with Crippen LogP contribution in [-0.2, 0) is 11.2 Å². The summed E-state index contributed by atoms with van der Waals surface area (Å²) in [6.45, 7) is 3.93. The molecule has 1 aromatic carbocycles. The second kappa shape index (κ2) is 5.84. The molecule has 2 aromatic rings. The molecular formula is C14H17N3OS. The molecule has 1 heterocycles. The van der Waals surface area contributed by atoms with Gasteiger partial charge in [-0.15, -0.1) is 11.3 Å². The zero-order valence-electron chi connectivity index (χ0n) is 11.1. The maximum atomic E-state index is 11.8. The Morgan fingerprint density at radius 2 is 2.11 bits per heavy atom. The Labute approximate surface area is 116 Å². The van der Waals surface area contributed by atoms with Crippen LogP contribution in [0.25, 0.3) is 0 Å². The first-order chi connectivity index (χ1) is 9.06. The number of anilines is 2. The summed E-state index contributed by atoms with van der Waals surface area (Å²) in [6.07, 6.45) is 1.05. The average molecular weight is 275 g/mol. The number of benzene rings is 1. The number of aromatic nitrogens is 1. The molecule has 0 fully saturated rings. The summed E-state index contributed by atoms with van der Waals surface area (Å²) in [5, 5.41) is 3.49. The van der Waals surface area contributed by atoms with Crippen molar-refractivity contribution < 1.29 is 4.79 Å². The van der Waals surface area contributed by atoms with E-state index >= 15 is 0 Å². The first-order valence-electron chi connectivity index (χ1n) is 6.13. The molecule has 4 nitrogen and oxygen atoms in total. The molecule has 0 unspecified atom stereocenters. The number of nitrogens with one attached hydrogen (secondary N) is 1. The van der Waals surface area contributed by atoms with Crippen LogP contribution >= 0.6 is 11.3 Å². The fraction of sp³-hybridized carbons (Fsp3) is 0.286. The van der Waals surface area contributed by atoms with Crippen LogP contribution in [0, 0.1) is 13.8 Å². The Bertz CT molecular complexity index is 573. The number of hydrogen-bond acceptors (Lipinski definition) is 4. The molecular weight excluding hydrogens is 258 g/mol. The van der Waals surface area contributed by atoms with Crippen LogP contribution in [0.4, 0.5) is 10.8 Å². The van der Waals surface area contributed by atoms with Gasteiger partial charge in [0, 0.05) is 17.0 Å². The van der Waals surface area contributed by atoms with Crippen molar-refractivity contribution in [1.82, 2.24) is 4.98 Å². The lowest BCUT2D eigenvalue weighted by atomic mass is 10.1. The number of hydrogen-bond donors (Lipinski definition) is 2. The predicted molar refractivity (Wildman–Crippen MR) is 79.4 cm³/mol. The Kier molecular flexibility index (Phi) is 4.16. The number of aryl methyl sites for hydroxylation is 3. The lowest BCUT2D eigenvalue weighted by Gasteiger charge is -2.05. The molecule has 1 aromatic heterocycles. The predicted octanol–water partition coefficient (Wildman–Crippen LogP) is 2.91. The third-order valence-corrected chi connectivity index (χ3v) is 3.94. The van der Waals surface area contributed by atoms with E-state index in [-0.39, 0.29) is 5.91 Å². The largest absolute Gasteiger partial charge is 0.399 e. The summed E-state index contributed by atoms with van der Waals surface area (Å²) in [7, 11) is 0. The van der Waals surface area contributed by atoms with Gasteiger partial charge in [-0.3, -0.25) is 4.79 Å². The lowest BCUT2D eigenvalue weighted by molar-refractivity contribution is -0.116. The quantitative estimate of drug-likeness (QED) is 0.843. The van der Waals surface area contributed by atoms with Crippen molar-refractivity contribution >= 4 is 28.1 Å². The number of amides is 1. The van der Waals surface area contributed by atoms with Crippen LogP contribution in [0.1, 0.15) is 22.6 Å². The average Bonchev–Trinajstić information content (AvgIpc) is 2.67. The van der Waals surface area contributed by atoms with Gasteiger partial charge in [-0.25, -0.2) is 4.98 Å². The van der Waals surface area contributed by atoms with Crippen LogP contribution in [-0.4, -0.2) is 10.9 Å². The van der Waals surface area contributed by atoms with E-state index in [1.165, 1.54) is 11.3 Å². The van der Waals surface area contributed by atoms with Gasteiger partial charge >= 0.3 is 0 Å². The molecule has 100 valence electrons. The summed E-state index contributed by atoms with van der Waals surface area (Å²) in [5.74, 6) is -0.0306. The minimum absolute atomic E-state index is 0.0306. The van der Waals surface area contributed by atoms with Gasteiger partial charge in [-0.1, -0.05) is 18.2 Å². The fourth-order valence-corrected chi connectivity index (χ4v) is 2.55. The highest BCUT2D eigenvalue weighted by Gasteiger charge is 2.08. The van der Waals surface area contributed by atoms with Gasteiger partial charge < -0.3 is 11.1 Å². The van der Waals surface area contributed by atoms with Gasteiger partial charge in [0.25, 0.3) is 0 Å². The topological polar surface area (TPSA) is 68.0 Å². The Morgan fingerprint density at radius 3 is 2.74 bits per heavy atom. The van der Waals surface area contributed by atoms with E-state index in [4.69, 9.17) is 5.73 Å². The number of nitrogens with two attached hydrogens (primary N) is 1. The van der Waals surface area contributed by atoms with E-state index in [0.29, 0.717) is 18.0 Å². The van der Waals surface area contributed by atoms with Crippen molar-refractivity contribution in [2.45, 2.75) is 26.7 Å². The molecule has 0 aliphatic heterocycles. The van der Waals surface area contributed by atoms with Crippen LogP contribution in [0.5, 0.6) is 0 Å². The highest BCUT2D eigenvalue weighted by atomic mass is 32.1. The summed E-state index contributed by atoms with van der Waals surface area (Å²) in [6, 6.07) is 7.61. The normalized spacial score (nSPS) is 10.4. The number of carbonyl (C=O) groups is 1. The Balaban J connectivity index is 1.90. The van der Waals surface area contributed by atoms with Crippen molar-refractivity contribution in [3.63, 3.8) is 0 Å². The maximum Gasteiger partial charge on any atom is 0.226 e. The van der Waals surface area contributed by atoms with Crippen LogP contribution in [0.15, 0.2) is 24.3 Å². The van der Waals surface area contributed by atoms with Crippen molar-refractivity contribution in [2.75, 3.05) is 11.1 Å². The molecule has 19 heavy (non-hydrogen) atoms. The molecule has 0 bridgehead atoms. The standard InChI is InChI=1S/C14H17N3OS/c1-9-10(2)19-14(16-9)17-13(18)8-7-11-5-3-4-6-12(11)15/h3-6H,7-8,15H2,1-2H3,(H,16,17,18). The van der Waals surface area contributed by atoms with Gasteiger partial charge in [0.05, 0.1) is 5.69 Å². The van der Waals surface area contributed by atoms with Crippen molar-refractivity contribution in [2.24, 2.45) is 0 Å². The first kappa shape index (κ1) is 13.5.